The number of carbonyl (C=O) groups excluding carboxylic acids is 2. The first-order chi connectivity index (χ1) is 16.2. The molecule has 0 bridgehead atoms. The highest BCUT2D eigenvalue weighted by Crippen LogP contribution is 2.54. The maximum atomic E-state index is 13.9. The summed E-state index contributed by atoms with van der Waals surface area (Å²) in [6, 6.07) is 14.4. The largest absolute Gasteiger partial charge is 0.573 e. The number of carbonyl (C=O) groups is 2. The molecule has 0 aromatic heterocycles. The van der Waals surface area contributed by atoms with Crippen molar-refractivity contribution in [3.05, 3.63) is 77.6 Å². The molecule has 0 radical (unpaired) electrons. The monoisotopic (exact) mass is 469 g/mol. The van der Waals surface area contributed by atoms with E-state index in [1.807, 2.05) is 12.1 Å². The van der Waals surface area contributed by atoms with Crippen molar-refractivity contribution in [2.45, 2.75) is 18.7 Å². The lowest BCUT2D eigenvalue weighted by molar-refractivity contribution is -0.274. The van der Waals surface area contributed by atoms with Crippen molar-refractivity contribution in [1.29, 1.82) is 0 Å². The van der Waals surface area contributed by atoms with Crippen molar-refractivity contribution in [3.8, 4) is 11.5 Å². The molecule has 0 saturated carbocycles. The van der Waals surface area contributed by atoms with Crippen molar-refractivity contribution >= 4 is 28.3 Å². The lowest BCUT2D eigenvalue weighted by atomic mass is 9.71. The molecule has 2 heterocycles. The smallest absolute Gasteiger partial charge is 0.460 e. The average Bonchev–Trinajstić information content (AvgIpc) is 2.99. The quantitative estimate of drug-likeness (QED) is 0.514. The minimum Gasteiger partial charge on any atom is -0.460 e. The lowest BCUT2D eigenvalue weighted by Crippen LogP contribution is -2.41. The molecule has 3 aromatic rings. The molecule has 2 aliphatic rings. The summed E-state index contributed by atoms with van der Waals surface area (Å²) < 4.78 is 54.1. The van der Waals surface area contributed by atoms with Crippen LogP contribution in [-0.4, -0.2) is 31.9 Å². The molecule has 1 amide bonds. The SMILES string of the molecule is CCOC(=O)C1=C[C@@]2(C(=O)N(C)c3ccc(OC(F)(F)F)cc32)c2c(ccc3ccccc23)O1. The van der Waals surface area contributed by atoms with Gasteiger partial charge in [0.05, 0.1) is 6.61 Å². The molecular formula is C25H18F3NO5. The van der Waals surface area contributed by atoms with Gasteiger partial charge in [-0.2, -0.15) is 0 Å². The maximum absolute atomic E-state index is 13.9. The molecule has 174 valence electrons. The van der Waals surface area contributed by atoms with Crippen molar-refractivity contribution in [3.63, 3.8) is 0 Å². The summed E-state index contributed by atoms with van der Waals surface area (Å²) in [6.07, 6.45) is -3.58. The summed E-state index contributed by atoms with van der Waals surface area (Å²) in [5, 5.41) is 1.46. The standard InChI is InChI=1S/C25H18F3NO5/c1-3-32-22(30)20-13-24(21-16-7-5-4-6-14(16)8-11-19(21)33-20)17-12-15(34-25(26,27)28)9-10-18(17)29(2)23(24)31/h4-13H,3H2,1-2H3/t24-/m0/s1. The number of likely N-dealkylation sites (N-methyl/N-ethyl adjacent to an activating group) is 1. The van der Waals surface area contributed by atoms with Crippen LogP contribution in [0.25, 0.3) is 10.8 Å². The number of nitrogens with zero attached hydrogens (tertiary/aromatic N) is 1. The van der Waals surface area contributed by atoms with Gasteiger partial charge in [0.15, 0.2) is 0 Å². The van der Waals surface area contributed by atoms with Gasteiger partial charge in [-0.25, -0.2) is 4.79 Å². The Morgan fingerprint density at radius 1 is 1.12 bits per heavy atom. The van der Waals surface area contributed by atoms with Gasteiger partial charge in [0.2, 0.25) is 11.7 Å². The molecule has 0 saturated heterocycles. The lowest BCUT2D eigenvalue weighted by Gasteiger charge is -2.33. The number of fused-ring (bicyclic) bond motifs is 6. The second-order valence-corrected chi connectivity index (χ2v) is 7.89. The van der Waals surface area contributed by atoms with Gasteiger partial charge in [0, 0.05) is 23.9 Å². The van der Waals surface area contributed by atoms with Crippen LogP contribution in [0.2, 0.25) is 0 Å². The van der Waals surface area contributed by atoms with Crippen LogP contribution in [0.1, 0.15) is 18.1 Å². The first-order valence-electron chi connectivity index (χ1n) is 10.4. The fourth-order valence-corrected chi connectivity index (χ4v) is 4.65. The average molecular weight is 469 g/mol. The van der Waals surface area contributed by atoms with E-state index in [1.165, 1.54) is 30.2 Å². The Morgan fingerprint density at radius 2 is 1.88 bits per heavy atom. The zero-order chi connectivity index (χ0) is 24.3. The molecule has 2 aliphatic heterocycles. The molecule has 5 rings (SSSR count). The Morgan fingerprint density at radius 3 is 2.62 bits per heavy atom. The highest BCUT2D eigenvalue weighted by Gasteiger charge is 2.55. The summed E-state index contributed by atoms with van der Waals surface area (Å²) in [4.78, 5) is 27.9. The van der Waals surface area contributed by atoms with Crippen molar-refractivity contribution < 1.29 is 37.0 Å². The van der Waals surface area contributed by atoms with Gasteiger partial charge in [-0.05, 0) is 48.0 Å². The summed E-state index contributed by atoms with van der Waals surface area (Å²) in [7, 11) is 1.53. The number of rotatable bonds is 3. The Labute approximate surface area is 192 Å². The van der Waals surface area contributed by atoms with E-state index in [-0.39, 0.29) is 23.7 Å². The molecule has 1 atom stereocenters. The van der Waals surface area contributed by atoms with Crippen LogP contribution in [0.5, 0.6) is 11.5 Å². The predicted octanol–water partition coefficient (Wildman–Crippen LogP) is 4.84. The second-order valence-electron chi connectivity index (χ2n) is 7.89. The number of hydrogen-bond donors (Lipinski definition) is 0. The van der Waals surface area contributed by atoms with E-state index < -0.39 is 29.4 Å². The van der Waals surface area contributed by atoms with Crippen LogP contribution < -0.4 is 14.4 Å². The number of ether oxygens (including phenoxy) is 3. The zero-order valence-electron chi connectivity index (χ0n) is 18.1. The van der Waals surface area contributed by atoms with E-state index in [4.69, 9.17) is 9.47 Å². The van der Waals surface area contributed by atoms with Crippen LogP contribution >= 0.6 is 0 Å². The third-order valence-corrected chi connectivity index (χ3v) is 5.96. The first kappa shape index (κ1) is 21.8. The third kappa shape index (κ3) is 3.19. The number of halogens is 3. The third-order valence-electron chi connectivity index (χ3n) is 5.96. The molecule has 9 heteroatoms. The van der Waals surface area contributed by atoms with Gasteiger partial charge in [-0.15, -0.1) is 13.2 Å². The van der Waals surface area contributed by atoms with Gasteiger partial charge in [0.25, 0.3) is 0 Å². The number of esters is 1. The molecule has 1 spiro atoms. The van der Waals surface area contributed by atoms with Crippen molar-refractivity contribution in [2.24, 2.45) is 0 Å². The van der Waals surface area contributed by atoms with Gasteiger partial charge in [-0.3, -0.25) is 4.79 Å². The zero-order valence-corrected chi connectivity index (χ0v) is 18.1. The van der Waals surface area contributed by atoms with E-state index in [0.29, 0.717) is 16.6 Å². The van der Waals surface area contributed by atoms with Gasteiger partial charge >= 0.3 is 12.3 Å². The van der Waals surface area contributed by atoms with Crippen LogP contribution in [0.4, 0.5) is 18.9 Å². The van der Waals surface area contributed by atoms with Crippen LogP contribution in [0, 0.1) is 0 Å². The molecule has 34 heavy (non-hydrogen) atoms. The molecule has 0 aliphatic carbocycles. The van der Waals surface area contributed by atoms with Crippen LogP contribution in [0.15, 0.2) is 66.4 Å². The minimum absolute atomic E-state index is 0.0745. The highest BCUT2D eigenvalue weighted by molar-refractivity contribution is 6.15. The molecule has 3 aromatic carbocycles. The normalized spacial score (nSPS) is 18.9. The predicted molar refractivity (Wildman–Crippen MR) is 117 cm³/mol. The highest BCUT2D eigenvalue weighted by atomic mass is 19.4. The van der Waals surface area contributed by atoms with Crippen molar-refractivity contribution in [2.75, 3.05) is 18.6 Å². The fourth-order valence-electron chi connectivity index (χ4n) is 4.65. The maximum Gasteiger partial charge on any atom is 0.573 e. The molecule has 0 fully saturated rings. The van der Waals surface area contributed by atoms with Crippen LogP contribution in [0.3, 0.4) is 0 Å². The summed E-state index contributed by atoms with van der Waals surface area (Å²) in [5.74, 6) is -1.70. The Hall–Kier alpha value is -4.01. The van der Waals surface area contributed by atoms with Crippen molar-refractivity contribution in [1.82, 2.24) is 0 Å². The van der Waals surface area contributed by atoms with E-state index >= 15 is 0 Å². The Balaban J connectivity index is 1.85. The summed E-state index contributed by atoms with van der Waals surface area (Å²) >= 11 is 0. The summed E-state index contributed by atoms with van der Waals surface area (Å²) in [6.45, 7) is 1.70. The van der Waals surface area contributed by atoms with Gasteiger partial charge in [-0.1, -0.05) is 30.3 Å². The van der Waals surface area contributed by atoms with E-state index in [2.05, 4.69) is 4.74 Å². The number of alkyl halides is 3. The molecular weight excluding hydrogens is 451 g/mol. The fraction of sp³-hybridized carbons (Fsp3) is 0.200. The van der Waals surface area contributed by atoms with Gasteiger partial charge in [0.1, 0.15) is 16.9 Å². The first-order valence-corrected chi connectivity index (χ1v) is 10.4. The van der Waals surface area contributed by atoms with E-state index in [9.17, 15) is 22.8 Å². The number of hydrogen-bond acceptors (Lipinski definition) is 5. The van der Waals surface area contributed by atoms with E-state index in [0.717, 1.165) is 11.5 Å². The van der Waals surface area contributed by atoms with Gasteiger partial charge < -0.3 is 19.1 Å². The van der Waals surface area contributed by atoms with E-state index in [1.54, 1.807) is 31.2 Å². The van der Waals surface area contributed by atoms with Crippen LogP contribution in [-0.2, 0) is 19.7 Å². The molecule has 0 unspecified atom stereocenters. The number of anilines is 1. The topological polar surface area (TPSA) is 65.1 Å². The summed E-state index contributed by atoms with van der Waals surface area (Å²) in [5.41, 5.74) is -0.575. The Bertz CT molecular complexity index is 1380. The number of benzene rings is 3. The Kier molecular flexibility index (Phi) is 4.82. The second kappa shape index (κ2) is 7.51. The molecule has 6 nitrogen and oxygen atoms in total. The number of amides is 1. The molecule has 0 N–H and O–H groups in total. The minimum atomic E-state index is -4.91.